The summed E-state index contributed by atoms with van der Waals surface area (Å²) in [4.78, 5) is 2.24. The molecule has 0 aliphatic rings. The molecule has 0 bridgehead atoms. The molecule has 1 heteroatoms. The number of hydrogen-bond donors (Lipinski definition) is 0. The third-order valence-corrected chi connectivity index (χ3v) is 1.77. The van der Waals surface area contributed by atoms with E-state index in [4.69, 9.17) is 0 Å². The lowest BCUT2D eigenvalue weighted by Crippen LogP contribution is -2.19. The first-order chi connectivity index (χ1) is 5.20. The normalized spacial score (nSPS) is 14.6. The molecule has 0 saturated carbocycles. The van der Waals surface area contributed by atoms with Crippen LogP contribution in [0.25, 0.3) is 0 Å². The average Bonchev–Trinajstić information content (AvgIpc) is 1.97. The molecule has 0 amide bonds. The summed E-state index contributed by atoms with van der Waals surface area (Å²) in [6, 6.07) is 0. The van der Waals surface area contributed by atoms with Crippen LogP contribution in [-0.4, -0.2) is 25.5 Å². The molecule has 0 saturated heterocycles. The summed E-state index contributed by atoms with van der Waals surface area (Å²) < 4.78 is 0. The smallest absolute Gasteiger partial charge is 0.00381 e. The van der Waals surface area contributed by atoms with Gasteiger partial charge in [0.2, 0.25) is 0 Å². The van der Waals surface area contributed by atoms with Crippen molar-refractivity contribution in [2.45, 2.75) is 26.7 Å². The molecule has 0 rings (SSSR count). The summed E-state index contributed by atoms with van der Waals surface area (Å²) in [5, 5.41) is 0. The molecular weight excluding hydrogens is 134 g/mol. The van der Waals surface area contributed by atoms with Gasteiger partial charge in [0, 0.05) is 6.54 Å². The SMILES string of the molecule is CC/C=C\C(CC)CN(C)C. The zero-order chi connectivity index (χ0) is 8.69. The minimum Gasteiger partial charge on any atom is -0.309 e. The first-order valence-corrected chi connectivity index (χ1v) is 4.52. The van der Waals surface area contributed by atoms with Gasteiger partial charge in [0.15, 0.2) is 0 Å². The third kappa shape index (κ3) is 6.11. The van der Waals surface area contributed by atoms with E-state index in [1.54, 1.807) is 0 Å². The molecule has 0 radical (unpaired) electrons. The number of hydrogen-bond acceptors (Lipinski definition) is 1. The number of nitrogens with zero attached hydrogens (tertiary/aromatic N) is 1. The van der Waals surface area contributed by atoms with Gasteiger partial charge in [0.1, 0.15) is 0 Å². The molecule has 1 nitrogen and oxygen atoms in total. The van der Waals surface area contributed by atoms with Crippen LogP contribution >= 0.6 is 0 Å². The summed E-state index contributed by atoms with van der Waals surface area (Å²) in [5.74, 6) is 0.741. The maximum atomic E-state index is 2.33. The Balaban J connectivity index is 3.66. The Hall–Kier alpha value is -0.300. The van der Waals surface area contributed by atoms with Crippen molar-refractivity contribution in [1.82, 2.24) is 4.90 Å². The first-order valence-electron chi connectivity index (χ1n) is 4.52. The molecular formula is C10H21N. The molecule has 1 unspecified atom stereocenters. The van der Waals surface area contributed by atoms with Crippen LogP contribution in [0.5, 0.6) is 0 Å². The van der Waals surface area contributed by atoms with E-state index in [1.807, 2.05) is 0 Å². The molecule has 0 fully saturated rings. The van der Waals surface area contributed by atoms with Crippen LogP contribution < -0.4 is 0 Å². The van der Waals surface area contributed by atoms with Crippen LogP contribution in [-0.2, 0) is 0 Å². The van der Waals surface area contributed by atoms with Crippen molar-refractivity contribution in [3.8, 4) is 0 Å². The highest BCUT2D eigenvalue weighted by molar-refractivity contribution is 4.87. The van der Waals surface area contributed by atoms with Crippen molar-refractivity contribution >= 4 is 0 Å². The molecule has 0 aromatic carbocycles. The summed E-state index contributed by atoms with van der Waals surface area (Å²) in [6.45, 7) is 5.60. The standard InChI is InChI=1S/C10H21N/c1-5-7-8-10(6-2)9-11(3)4/h7-8,10H,5-6,9H2,1-4H3/b8-7-. The summed E-state index contributed by atoms with van der Waals surface area (Å²) in [6.07, 6.45) is 7.00. The predicted octanol–water partition coefficient (Wildman–Crippen LogP) is 2.54. The largest absolute Gasteiger partial charge is 0.309 e. The highest BCUT2D eigenvalue weighted by Gasteiger charge is 2.01. The second kappa shape index (κ2) is 6.41. The molecule has 0 aromatic heterocycles. The third-order valence-electron chi connectivity index (χ3n) is 1.77. The van der Waals surface area contributed by atoms with Crippen LogP contribution in [0.3, 0.4) is 0 Å². The van der Waals surface area contributed by atoms with Crippen molar-refractivity contribution in [3.63, 3.8) is 0 Å². The highest BCUT2D eigenvalue weighted by Crippen LogP contribution is 2.05. The second-order valence-electron chi connectivity index (χ2n) is 3.27. The lowest BCUT2D eigenvalue weighted by molar-refractivity contribution is 0.354. The van der Waals surface area contributed by atoms with Gasteiger partial charge in [-0.25, -0.2) is 0 Å². The van der Waals surface area contributed by atoms with Crippen molar-refractivity contribution < 1.29 is 0 Å². The van der Waals surface area contributed by atoms with Crippen molar-refractivity contribution in [1.29, 1.82) is 0 Å². The van der Waals surface area contributed by atoms with Gasteiger partial charge in [0.05, 0.1) is 0 Å². The monoisotopic (exact) mass is 155 g/mol. The van der Waals surface area contributed by atoms with E-state index >= 15 is 0 Å². The molecule has 11 heavy (non-hydrogen) atoms. The summed E-state index contributed by atoms with van der Waals surface area (Å²) in [5.41, 5.74) is 0. The first kappa shape index (κ1) is 10.7. The Morgan fingerprint density at radius 2 is 1.91 bits per heavy atom. The zero-order valence-electron chi connectivity index (χ0n) is 8.30. The molecule has 0 aliphatic heterocycles. The van der Waals surface area contributed by atoms with E-state index in [2.05, 4.69) is 45.0 Å². The van der Waals surface area contributed by atoms with E-state index in [-0.39, 0.29) is 0 Å². The zero-order valence-corrected chi connectivity index (χ0v) is 8.30. The molecule has 0 heterocycles. The van der Waals surface area contributed by atoms with Crippen molar-refractivity contribution in [2.75, 3.05) is 20.6 Å². The Labute approximate surface area is 71.1 Å². The van der Waals surface area contributed by atoms with Crippen molar-refractivity contribution in [2.24, 2.45) is 5.92 Å². The quantitative estimate of drug-likeness (QED) is 0.551. The van der Waals surface area contributed by atoms with E-state index in [0.29, 0.717) is 0 Å². The molecule has 0 aliphatic carbocycles. The minimum absolute atomic E-state index is 0.741. The van der Waals surface area contributed by atoms with Gasteiger partial charge >= 0.3 is 0 Å². The molecule has 0 aromatic rings. The van der Waals surface area contributed by atoms with Gasteiger partial charge in [-0.1, -0.05) is 26.0 Å². The van der Waals surface area contributed by atoms with Crippen LogP contribution in [0, 0.1) is 5.92 Å². The van der Waals surface area contributed by atoms with E-state index in [0.717, 1.165) is 12.3 Å². The lowest BCUT2D eigenvalue weighted by atomic mass is 10.1. The highest BCUT2D eigenvalue weighted by atomic mass is 15.1. The van der Waals surface area contributed by atoms with Crippen LogP contribution in [0.15, 0.2) is 12.2 Å². The molecule has 0 spiro atoms. The number of allylic oxidation sites excluding steroid dienone is 1. The van der Waals surface area contributed by atoms with E-state index < -0.39 is 0 Å². The Bertz CT molecular complexity index is 105. The maximum absolute atomic E-state index is 2.33. The lowest BCUT2D eigenvalue weighted by Gasteiger charge is -2.15. The Morgan fingerprint density at radius 1 is 1.27 bits per heavy atom. The van der Waals surface area contributed by atoms with E-state index in [1.165, 1.54) is 13.0 Å². The summed E-state index contributed by atoms with van der Waals surface area (Å²) >= 11 is 0. The van der Waals surface area contributed by atoms with Gasteiger partial charge in [-0.3, -0.25) is 0 Å². The fourth-order valence-electron chi connectivity index (χ4n) is 1.12. The van der Waals surface area contributed by atoms with Crippen LogP contribution in [0.2, 0.25) is 0 Å². The number of rotatable bonds is 5. The maximum Gasteiger partial charge on any atom is 0.00381 e. The summed E-state index contributed by atoms with van der Waals surface area (Å²) in [7, 11) is 4.25. The van der Waals surface area contributed by atoms with Gasteiger partial charge in [-0.2, -0.15) is 0 Å². The average molecular weight is 155 g/mol. The Morgan fingerprint density at radius 3 is 2.27 bits per heavy atom. The van der Waals surface area contributed by atoms with Crippen LogP contribution in [0.4, 0.5) is 0 Å². The molecule has 1 atom stereocenters. The Kier molecular flexibility index (Phi) is 6.24. The fourth-order valence-corrected chi connectivity index (χ4v) is 1.12. The second-order valence-corrected chi connectivity index (χ2v) is 3.27. The van der Waals surface area contributed by atoms with Gasteiger partial charge in [-0.05, 0) is 32.9 Å². The molecule has 66 valence electrons. The fraction of sp³-hybridized carbons (Fsp3) is 0.800. The van der Waals surface area contributed by atoms with Gasteiger partial charge < -0.3 is 4.90 Å². The minimum atomic E-state index is 0.741. The predicted molar refractivity (Wildman–Crippen MR) is 51.8 cm³/mol. The van der Waals surface area contributed by atoms with Gasteiger partial charge in [-0.15, -0.1) is 0 Å². The topological polar surface area (TPSA) is 3.24 Å². The van der Waals surface area contributed by atoms with Crippen molar-refractivity contribution in [3.05, 3.63) is 12.2 Å². The van der Waals surface area contributed by atoms with E-state index in [9.17, 15) is 0 Å². The van der Waals surface area contributed by atoms with Gasteiger partial charge in [0.25, 0.3) is 0 Å². The molecule has 0 N–H and O–H groups in total. The van der Waals surface area contributed by atoms with Crippen LogP contribution in [0.1, 0.15) is 26.7 Å².